The molecular formula is C16H17Cl2N7O4. The minimum atomic E-state index is -1.24. The Bertz CT molecular complexity index is 1060. The Kier molecular flexibility index (Phi) is 4.53. The summed E-state index contributed by atoms with van der Waals surface area (Å²) in [7, 11) is 0. The molecule has 0 bridgehead atoms. The van der Waals surface area contributed by atoms with Crippen LogP contribution in [0.1, 0.15) is 5.69 Å². The Morgan fingerprint density at radius 3 is 3.00 bits per heavy atom. The number of pyridine rings is 1. The van der Waals surface area contributed by atoms with E-state index in [1.165, 1.54) is 0 Å². The van der Waals surface area contributed by atoms with Gasteiger partial charge in [-0.25, -0.2) is 4.98 Å². The molecule has 0 unspecified atom stereocenters. The molecule has 29 heavy (non-hydrogen) atoms. The van der Waals surface area contributed by atoms with Crippen LogP contribution in [0, 0.1) is 0 Å². The average Bonchev–Trinajstić information content (AvgIpc) is 3.41. The summed E-state index contributed by atoms with van der Waals surface area (Å²) in [5.41, 5.74) is 6.63. The molecule has 0 saturated carbocycles. The Morgan fingerprint density at radius 2 is 2.21 bits per heavy atom. The van der Waals surface area contributed by atoms with Crippen LogP contribution < -0.4 is 15.8 Å². The number of aromatic nitrogens is 5. The van der Waals surface area contributed by atoms with E-state index in [9.17, 15) is 5.11 Å². The fourth-order valence-electron chi connectivity index (χ4n) is 3.47. The van der Waals surface area contributed by atoms with Gasteiger partial charge in [-0.1, -0.05) is 23.2 Å². The van der Waals surface area contributed by atoms with Crippen LogP contribution in [0.5, 0.6) is 6.01 Å². The summed E-state index contributed by atoms with van der Waals surface area (Å²) in [4.78, 5) is 11.8. The van der Waals surface area contributed by atoms with Crippen LogP contribution in [0.2, 0.25) is 10.0 Å². The lowest BCUT2D eigenvalue weighted by atomic mass is 10.0. The number of aliphatic hydroxyl groups excluding tert-OH is 1. The number of imidazole rings is 1. The SMILES string of the molecule is N[C@]12OC[C@@H](O)[C@H]1OC[C@H]2Oc1nc2nc(NCc3n[nH]cc3Cl)c(Cl)cc2[nH]1. The summed E-state index contributed by atoms with van der Waals surface area (Å²) < 4.78 is 16.9. The molecule has 11 nitrogen and oxygen atoms in total. The van der Waals surface area contributed by atoms with Crippen LogP contribution in [-0.2, 0) is 16.0 Å². The van der Waals surface area contributed by atoms with Crippen molar-refractivity contribution in [2.24, 2.45) is 5.73 Å². The third-order valence-corrected chi connectivity index (χ3v) is 5.59. The van der Waals surface area contributed by atoms with Crippen molar-refractivity contribution in [3.63, 3.8) is 0 Å². The van der Waals surface area contributed by atoms with Crippen LogP contribution >= 0.6 is 23.2 Å². The summed E-state index contributed by atoms with van der Waals surface area (Å²) in [6.07, 6.45) is -0.488. The van der Waals surface area contributed by atoms with E-state index >= 15 is 0 Å². The van der Waals surface area contributed by atoms with E-state index in [1.54, 1.807) is 12.3 Å². The first-order valence-electron chi connectivity index (χ1n) is 8.81. The van der Waals surface area contributed by atoms with E-state index in [0.29, 0.717) is 39.3 Å². The largest absolute Gasteiger partial charge is 0.454 e. The number of aromatic amines is 2. The number of hydrogen-bond donors (Lipinski definition) is 5. The van der Waals surface area contributed by atoms with Crippen molar-refractivity contribution in [2.45, 2.75) is 30.6 Å². The maximum absolute atomic E-state index is 9.90. The normalized spacial score (nSPS) is 28.8. The first kappa shape index (κ1) is 18.9. The van der Waals surface area contributed by atoms with Crippen LogP contribution in [0.25, 0.3) is 11.2 Å². The molecule has 154 valence electrons. The fraction of sp³-hybridized carbons (Fsp3) is 0.438. The van der Waals surface area contributed by atoms with Crippen molar-refractivity contribution in [3.8, 4) is 6.01 Å². The summed E-state index contributed by atoms with van der Waals surface area (Å²) >= 11 is 12.3. The maximum Gasteiger partial charge on any atom is 0.296 e. The van der Waals surface area contributed by atoms with Gasteiger partial charge in [-0.2, -0.15) is 10.1 Å². The molecule has 3 aromatic rings. The standard InChI is InChI=1S/C16H17Cl2N7O4/c17-6-1-8-14(23-13(6)20-3-9-7(18)2-21-25-9)24-15(22-8)29-11-5-27-12-10(26)4-28-16(11,12)19/h1-2,10-12,26H,3-5,19H2,(H,21,25)(H2,20,22,23,24)/t10-,11-,12-,16-/m1/s1. The Morgan fingerprint density at radius 1 is 1.34 bits per heavy atom. The van der Waals surface area contributed by atoms with Gasteiger partial charge >= 0.3 is 0 Å². The van der Waals surface area contributed by atoms with E-state index in [-0.39, 0.29) is 19.2 Å². The predicted molar refractivity (Wildman–Crippen MR) is 103 cm³/mol. The average molecular weight is 442 g/mol. The lowest BCUT2D eigenvalue weighted by Crippen LogP contribution is -2.57. The number of halogens is 2. The molecule has 0 aliphatic carbocycles. The van der Waals surface area contributed by atoms with E-state index in [1.807, 2.05) is 0 Å². The predicted octanol–water partition coefficient (Wildman–Crippen LogP) is 0.792. The number of nitrogens with zero attached hydrogens (tertiary/aromatic N) is 3. The minimum Gasteiger partial charge on any atom is -0.454 e. The van der Waals surface area contributed by atoms with Crippen molar-refractivity contribution < 1.29 is 19.3 Å². The van der Waals surface area contributed by atoms with Gasteiger partial charge in [-0.3, -0.25) is 10.8 Å². The van der Waals surface area contributed by atoms with Crippen molar-refractivity contribution in [1.29, 1.82) is 0 Å². The van der Waals surface area contributed by atoms with Crippen LogP contribution in [0.3, 0.4) is 0 Å². The number of aliphatic hydroxyl groups is 1. The molecule has 0 spiro atoms. The molecule has 5 heterocycles. The van der Waals surface area contributed by atoms with E-state index in [4.69, 9.17) is 43.1 Å². The van der Waals surface area contributed by atoms with Gasteiger partial charge in [-0.05, 0) is 6.07 Å². The highest BCUT2D eigenvalue weighted by atomic mass is 35.5. The molecule has 3 aromatic heterocycles. The fourth-order valence-corrected chi connectivity index (χ4v) is 3.85. The molecule has 2 aliphatic rings. The summed E-state index contributed by atoms with van der Waals surface area (Å²) in [6.45, 7) is 0.596. The molecule has 5 rings (SSSR count). The van der Waals surface area contributed by atoms with Crippen molar-refractivity contribution in [1.82, 2.24) is 25.1 Å². The van der Waals surface area contributed by atoms with Gasteiger partial charge in [0.15, 0.2) is 17.5 Å². The van der Waals surface area contributed by atoms with Crippen LogP contribution in [0.15, 0.2) is 12.3 Å². The first-order valence-corrected chi connectivity index (χ1v) is 9.57. The number of hydrogen-bond acceptors (Lipinski definition) is 9. The lowest BCUT2D eigenvalue weighted by Gasteiger charge is -2.27. The topological polar surface area (TPSA) is 156 Å². The molecule has 6 N–H and O–H groups in total. The van der Waals surface area contributed by atoms with E-state index in [0.717, 1.165) is 0 Å². The Balaban J connectivity index is 1.35. The zero-order valence-corrected chi connectivity index (χ0v) is 16.4. The minimum absolute atomic E-state index is 0.0906. The van der Waals surface area contributed by atoms with Gasteiger partial charge < -0.3 is 29.6 Å². The highest BCUT2D eigenvalue weighted by Crippen LogP contribution is 2.35. The van der Waals surface area contributed by atoms with Gasteiger partial charge in [0.25, 0.3) is 6.01 Å². The third-order valence-electron chi connectivity index (χ3n) is 4.98. The molecule has 0 radical (unpaired) electrons. The van der Waals surface area contributed by atoms with Gasteiger partial charge in [0, 0.05) is 6.20 Å². The van der Waals surface area contributed by atoms with Crippen molar-refractivity contribution >= 4 is 40.2 Å². The highest BCUT2D eigenvalue weighted by molar-refractivity contribution is 6.33. The van der Waals surface area contributed by atoms with E-state index in [2.05, 4.69) is 30.5 Å². The molecule has 13 heteroatoms. The van der Waals surface area contributed by atoms with Crippen molar-refractivity contribution in [3.05, 3.63) is 28.0 Å². The molecule has 0 amide bonds. The zero-order chi connectivity index (χ0) is 20.2. The Labute approximate surface area is 173 Å². The Hall–Kier alpha value is -2.15. The molecule has 0 aromatic carbocycles. The van der Waals surface area contributed by atoms with Crippen LogP contribution in [0.4, 0.5) is 5.82 Å². The van der Waals surface area contributed by atoms with Gasteiger partial charge in [0.1, 0.15) is 18.0 Å². The second-order valence-corrected chi connectivity index (χ2v) is 7.67. The second kappa shape index (κ2) is 6.97. The monoisotopic (exact) mass is 441 g/mol. The summed E-state index contributed by atoms with van der Waals surface area (Å²) in [6, 6.07) is 1.88. The number of anilines is 1. The first-order chi connectivity index (χ1) is 13.9. The number of rotatable bonds is 5. The maximum atomic E-state index is 9.90. The van der Waals surface area contributed by atoms with E-state index < -0.39 is 24.0 Å². The number of nitrogens with one attached hydrogen (secondary N) is 3. The number of fused-ring (bicyclic) bond motifs is 2. The smallest absolute Gasteiger partial charge is 0.296 e. The summed E-state index contributed by atoms with van der Waals surface area (Å²) in [5, 5.41) is 20.6. The second-order valence-electron chi connectivity index (χ2n) is 6.86. The lowest BCUT2D eigenvalue weighted by molar-refractivity contribution is -0.0647. The molecule has 2 fully saturated rings. The summed E-state index contributed by atoms with van der Waals surface area (Å²) in [5.74, 6) is 0.429. The van der Waals surface area contributed by atoms with Gasteiger partial charge in [0.2, 0.25) is 0 Å². The molecular weight excluding hydrogens is 425 g/mol. The van der Waals surface area contributed by atoms with Gasteiger partial charge in [0.05, 0.1) is 41.0 Å². The number of nitrogens with two attached hydrogens (primary N) is 1. The van der Waals surface area contributed by atoms with Gasteiger partial charge in [-0.15, -0.1) is 0 Å². The number of ether oxygens (including phenoxy) is 3. The highest BCUT2D eigenvalue weighted by Gasteiger charge is 2.59. The molecule has 2 aliphatic heterocycles. The quantitative estimate of drug-likeness (QED) is 0.386. The van der Waals surface area contributed by atoms with Crippen LogP contribution in [-0.4, -0.2) is 67.5 Å². The zero-order valence-electron chi connectivity index (χ0n) is 14.9. The molecule has 4 atom stereocenters. The third kappa shape index (κ3) is 3.19. The molecule has 2 saturated heterocycles. The van der Waals surface area contributed by atoms with Crippen molar-refractivity contribution in [2.75, 3.05) is 18.5 Å². The number of H-pyrrole nitrogens is 2.